The van der Waals surface area contributed by atoms with E-state index in [2.05, 4.69) is 19.8 Å². The van der Waals surface area contributed by atoms with Gasteiger partial charge in [0.1, 0.15) is 0 Å². The number of aromatic amines is 1. The normalized spacial score (nSPS) is 17.6. The molecule has 1 aliphatic rings. The monoisotopic (exact) mass is 301 g/mol. The average Bonchev–Trinajstić information content (AvgIpc) is 3.18. The lowest BCUT2D eigenvalue weighted by atomic mass is 10.3. The Morgan fingerprint density at radius 2 is 2.20 bits per heavy atom. The van der Waals surface area contributed by atoms with Gasteiger partial charge in [0, 0.05) is 36.4 Å². The predicted octanol–water partition coefficient (Wildman–Crippen LogP) is -0.0622. The minimum Gasteiger partial charge on any atom is -0.326 e. The van der Waals surface area contributed by atoms with Crippen LogP contribution in [0.4, 0.5) is 0 Å². The molecule has 0 amide bonds. The summed E-state index contributed by atoms with van der Waals surface area (Å²) in [7, 11) is -1.59. The van der Waals surface area contributed by atoms with Gasteiger partial charge in [0.2, 0.25) is 0 Å². The summed E-state index contributed by atoms with van der Waals surface area (Å²) in [5, 5.41) is 6.55. The Hall–Kier alpha value is -0.960. The highest BCUT2D eigenvalue weighted by Crippen LogP contribution is 2.26. The zero-order chi connectivity index (χ0) is 14.9. The SMILES string of the molecule is Cc1[nH]nc(S(=O)(=O)NCC(C)N(C)C2CC2)c1CN. The molecule has 20 heavy (non-hydrogen) atoms. The van der Waals surface area contributed by atoms with Crippen LogP contribution in [0.25, 0.3) is 0 Å². The molecule has 1 heterocycles. The first kappa shape index (κ1) is 15.4. The topological polar surface area (TPSA) is 104 Å². The number of hydrogen-bond acceptors (Lipinski definition) is 5. The van der Waals surface area contributed by atoms with Gasteiger partial charge in [-0.1, -0.05) is 0 Å². The molecule has 1 fully saturated rings. The van der Waals surface area contributed by atoms with Gasteiger partial charge in [-0.25, -0.2) is 13.1 Å². The van der Waals surface area contributed by atoms with Crippen LogP contribution in [-0.4, -0.2) is 49.2 Å². The van der Waals surface area contributed by atoms with E-state index in [1.807, 2.05) is 14.0 Å². The van der Waals surface area contributed by atoms with E-state index in [1.165, 1.54) is 12.8 Å². The second-order valence-electron chi connectivity index (χ2n) is 5.43. The van der Waals surface area contributed by atoms with E-state index in [1.54, 1.807) is 6.92 Å². The van der Waals surface area contributed by atoms with Crippen molar-refractivity contribution in [2.24, 2.45) is 5.73 Å². The zero-order valence-corrected chi connectivity index (χ0v) is 13.0. The van der Waals surface area contributed by atoms with Crippen molar-refractivity contribution in [2.75, 3.05) is 13.6 Å². The molecule has 0 saturated heterocycles. The zero-order valence-electron chi connectivity index (χ0n) is 12.2. The standard InChI is InChI=1S/C12H23N5O2S/c1-8(17(3)10-4-5-10)7-14-20(18,19)12-11(6-13)9(2)15-16-12/h8,10,14H,4-7,13H2,1-3H3,(H,15,16). The number of sulfonamides is 1. The van der Waals surface area contributed by atoms with Crippen molar-refractivity contribution in [1.29, 1.82) is 0 Å². The number of aromatic nitrogens is 2. The van der Waals surface area contributed by atoms with E-state index in [9.17, 15) is 8.42 Å². The highest BCUT2D eigenvalue weighted by atomic mass is 32.2. The lowest BCUT2D eigenvalue weighted by Crippen LogP contribution is -2.41. The van der Waals surface area contributed by atoms with E-state index in [4.69, 9.17) is 5.73 Å². The van der Waals surface area contributed by atoms with Crippen LogP contribution in [0, 0.1) is 6.92 Å². The maximum absolute atomic E-state index is 12.3. The molecule has 1 aliphatic carbocycles. The molecular weight excluding hydrogens is 278 g/mol. The van der Waals surface area contributed by atoms with Crippen LogP contribution >= 0.6 is 0 Å². The Morgan fingerprint density at radius 1 is 1.55 bits per heavy atom. The molecule has 1 saturated carbocycles. The Bertz CT molecular complexity index is 564. The van der Waals surface area contributed by atoms with E-state index in [-0.39, 0.29) is 17.6 Å². The molecule has 0 spiro atoms. The van der Waals surface area contributed by atoms with Crippen LogP contribution in [-0.2, 0) is 16.6 Å². The molecule has 1 unspecified atom stereocenters. The quantitative estimate of drug-likeness (QED) is 0.654. The molecule has 0 radical (unpaired) electrons. The van der Waals surface area contributed by atoms with Gasteiger partial charge in [0.05, 0.1) is 0 Å². The number of hydrogen-bond donors (Lipinski definition) is 3. The number of nitrogens with zero attached hydrogens (tertiary/aromatic N) is 2. The van der Waals surface area contributed by atoms with E-state index >= 15 is 0 Å². The predicted molar refractivity (Wildman–Crippen MR) is 76.7 cm³/mol. The fourth-order valence-corrected chi connectivity index (χ4v) is 3.50. The third-order valence-electron chi connectivity index (χ3n) is 3.88. The first-order chi connectivity index (χ1) is 9.36. The van der Waals surface area contributed by atoms with E-state index in [0.717, 1.165) is 0 Å². The largest absolute Gasteiger partial charge is 0.326 e. The van der Waals surface area contributed by atoms with E-state index < -0.39 is 10.0 Å². The summed E-state index contributed by atoms with van der Waals surface area (Å²) >= 11 is 0. The lowest BCUT2D eigenvalue weighted by molar-refractivity contribution is 0.248. The van der Waals surface area contributed by atoms with Crippen molar-refractivity contribution in [3.8, 4) is 0 Å². The number of aryl methyl sites for hydroxylation is 1. The Labute approximate surface area is 120 Å². The minimum atomic E-state index is -3.62. The number of nitrogens with one attached hydrogen (secondary N) is 2. The Balaban J connectivity index is 2.03. The second-order valence-corrected chi connectivity index (χ2v) is 7.12. The molecule has 0 aliphatic heterocycles. The van der Waals surface area contributed by atoms with Crippen molar-refractivity contribution in [1.82, 2.24) is 19.8 Å². The molecule has 2 rings (SSSR count). The van der Waals surface area contributed by atoms with Crippen LogP contribution in [0.3, 0.4) is 0 Å². The van der Waals surface area contributed by atoms with Gasteiger partial charge in [-0.2, -0.15) is 5.10 Å². The summed E-state index contributed by atoms with van der Waals surface area (Å²) in [6.07, 6.45) is 2.40. The fourth-order valence-electron chi connectivity index (χ4n) is 2.18. The van der Waals surface area contributed by atoms with Gasteiger partial charge in [-0.05, 0) is 33.7 Å². The average molecular weight is 301 g/mol. The van der Waals surface area contributed by atoms with Gasteiger partial charge in [-0.3, -0.25) is 10.00 Å². The van der Waals surface area contributed by atoms with Gasteiger partial charge < -0.3 is 5.73 Å². The fraction of sp³-hybridized carbons (Fsp3) is 0.750. The molecule has 1 aromatic rings. The summed E-state index contributed by atoms with van der Waals surface area (Å²) in [6.45, 7) is 4.29. The summed E-state index contributed by atoms with van der Waals surface area (Å²) in [5.41, 5.74) is 6.82. The molecular formula is C12H23N5O2S. The van der Waals surface area contributed by atoms with Crippen LogP contribution in [0.15, 0.2) is 5.03 Å². The molecule has 1 atom stereocenters. The summed E-state index contributed by atoms with van der Waals surface area (Å²) < 4.78 is 27.2. The van der Waals surface area contributed by atoms with Gasteiger partial charge in [0.25, 0.3) is 10.0 Å². The Morgan fingerprint density at radius 3 is 2.75 bits per heavy atom. The van der Waals surface area contributed by atoms with E-state index in [0.29, 0.717) is 23.8 Å². The van der Waals surface area contributed by atoms with Crippen LogP contribution < -0.4 is 10.5 Å². The molecule has 114 valence electrons. The molecule has 8 heteroatoms. The number of likely N-dealkylation sites (N-methyl/N-ethyl adjacent to an activating group) is 1. The third kappa shape index (κ3) is 3.20. The molecule has 7 nitrogen and oxygen atoms in total. The molecule has 1 aromatic heterocycles. The summed E-state index contributed by atoms with van der Waals surface area (Å²) in [5.74, 6) is 0. The smallest absolute Gasteiger partial charge is 0.260 e. The number of nitrogens with two attached hydrogens (primary N) is 1. The van der Waals surface area contributed by atoms with Crippen LogP contribution in [0.1, 0.15) is 31.0 Å². The van der Waals surface area contributed by atoms with Gasteiger partial charge >= 0.3 is 0 Å². The maximum atomic E-state index is 12.3. The molecule has 0 bridgehead atoms. The van der Waals surface area contributed by atoms with Gasteiger partial charge in [0.15, 0.2) is 5.03 Å². The first-order valence-corrected chi connectivity index (χ1v) is 8.30. The number of rotatable bonds is 7. The second kappa shape index (κ2) is 5.80. The van der Waals surface area contributed by atoms with Gasteiger partial charge in [-0.15, -0.1) is 0 Å². The summed E-state index contributed by atoms with van der Waals surface area (Å²) in [6, 6.07) is 0.750. The summed E-state index contributed by atoms with van der Waals surface area (Å²) in [4.78, 5) is 2.21. The van der Waals surface area contributed by atoms with Crippen molar-refractivity contribution >= 4 is 10.0 Å². The molecule has 0 aromatic carbocycles. The van der Waals surface area contributed by atoms with Crippen molar-refractivity contribution in [3.63, 3.8) is 0 Å². The van der Waals surface area contributed by atoms with Crippen molar-refractivity contribution in [3.05, 3.63) is 11.3 Å². The highest BCUT2D eigenvalue weighted by molar-refractivity contribution is 7.89. The lowest BCUT2D eigenvalue weighted by Gasteiger charge is -2.24. The third-order valence-corrected chi connectivity index (χ3v) is 5.27. The van der Waals surface area contributed by atoms with Crippen molar-refractivity contribution in [2.45, 2.75) is 50.3 Å². The highest BCUT2D eigenvalue weighted by Gasteiger charge is 2.30. The first-order valence-electron chi connectivity index (χ1n) is 6.82. The maximum Gasteiger partial charge on any atom is 0.260 e. The van der Waals surface area contributed by atoms with Crippen LogP contribution in [0.2, 0.25) is 0 Å². The number of H-pyrrole nitrogens is 1. The Kier molecular flexibility index (Phi) is 4.48. The van der Waals surface area contributed by atoms with Crippen LogP contribution in [0.5, 0.6) is 0 Å². The van der Waals surface area contributed by atoms with Crippen molar-refractivity contribution < 1.29 is 8.42 Å². The minimum absolute atomic E-state index is 0.0128. The molecule has 4 N–H and O–H groups in total.